The van der Waals surface area contributed by atoms with Crippen LogP contribution in [0.2, 0.25) is 0 Å². The number of hydrogen-bond donors (Lipinski definition) is 5. The van der Waals surface area contributed by atoms with E-state index in [2.05, 4.69) is 26.4 Å². The first kappa shape index (κ1) is 24.9. The van der Waals surface area contributed by atoms with Gasteiger partial charge in [-0.05, 0) is 30.5 Å². The molecule has 0 saturated carbocycles. The lowest BCUT2D eigenvalue weighted by Gasteiger charge is -2.20. The van der Waals surface area contributed by atoms with E-state index in [1.165, 1.54) is 26.2 Å². The van der Waals surface area contributed by atoms with E-state index in [1.807, 2.05) is 0 Å². The number of esters is 1. The predicted octanol–water partition coefficient (Wildman–Crippen LogP) is -1.52. The molecule has 0 aromatic heterocycles. The number of amides is 3. The van der Waals surface area contributed by atoms with Crippen LogP contribution in [0.5, 0.6) is 5.75 Å². The second-order valence-electron chi connectivity index (χ2n) is 7.33. The third kappa shape index (κ3) is 8.08. The van der Waals surface area contributed by atoms with Gasteiger partial charge in [0.25, 0.3) is 5.91 Å². The molecule has 30 heavy (non-hydrogen) atoms. The van der Waals surface area contributed by atoms with Gasteiger partial charge in [-0.1, -0.05) is 26.0 Å². The van der Waals surface area contributed by atoms with Crippen molar-refractivity contribution in [2.24, 2.45) is 5.92 Å². The Hall–Kier alpha value is -3.14. The largest absolute Gasteiger partial charge is 0.508 e. The molecule has 0 bridgehead atoms. The third-order valence-corrected chi connectivity index (χ3v) is 4.40. The number of hydrogen-bond acceptors (Lipinski definition) is 6. The first-order valence-electron chi connectivity index (χ1n) is 9.61. The van der Waals surface area contributed by atoms with Crippen molar-refractivity contribution in [3.63, 3.8) is 0 Å². The zero-order valence-electron chi connectivity index (χ0n) is 17.7. The van der Waals surface area contributed by atoms with Crippen LogP contribution >= 0.6 is 0 Å². The molecule has 1 rings (SSSR count). The average molecular weight is 423 g/mol. The molecule has 10 nitrogen and oxygen atoms in total. The van der Waals surface area contributed by atoms with E-state index in [1.54, 1.807) is 26.0 Å². The summed E-state index contributed by atoms with van der Waals surface area (Å²) in [5.74, 6) is -2.13. The molecule has 7 N–H and O–H groups in total. The number of phenols is 1. The van der Waals surface area contributed by atoms with Gasteiger partial charge in [-0.15, -0.1) is 0 Å². The maximum Gasteiger partial charge on any atom is 0.328 e. The van der Waals surface area contributed by atoms with Crippen molar-refractivity contribution in [1.29, 1.82) is 0 Å². The molecule has 0 saturated heterocycles. The maximum atomic E-state index is 12.3. The monoisotopic (exact) mass is 423 g/mol. The van der Waals surface area contributed by atoms with Crippen LogP contribution < -0.4 is 21.7 Å². The standard InChI is InChI=1S/C20H30N4O6/c1-11(2)17(20(29)30-4)24-16(26)10-22-18(27)12(3)23-19(28)15(21)9-13-5-7-14(25)8-6-13/h5-8,11-12,15,17,25H,9-10,21H2,1-4H3,(H,22,27)(H,23,28)(H,24,26)/p+1/t12-,15-,17-/m1/s1. The molecule has 0 unspecified atom stereocenters. The number of benzene rings is 1. The molecule has 0 heterocycles. The van der Waals surface area contributed by atoms with E-state index in [0.717, 1.165) is 5.56 Å². The topological polar surface area (TPSA) is 161 Å². The average Bonchev–Trinajstić information content (AvgIpc) is 2.70. The summed E-state index contributed by atoms with van der Waals surface area (Å²) in [5.41, 5.74) is 4.62. The fraction of sp³-hybridized carbons (Fsp3) is 0.500. The number of methoxy groups -OCH3 is 1. The van der Waals surface area contributed by atoms with Gasteiger partial charge >= 0.3 is 5.97 Å². The number of ether oxygens (including phenoxy) is 1. The molecule has 166 valence electrons. The zero-order chi connectivity index (χ0) is 22.8. The van der Waals surface area contributed by atoms with E-state index in [4.69, 9.17) is 0 Å². The van der Waals surface area contributed by atoms with Gasteiger partial charge in [-0.2, -0.15) is 0 Å². The van der Waals surface area contributed by atoms with E-state index in [0.29, 0.717) is 6.42 Å². The number of nitrogens with one attached hydrogen (secondary N) is 3. The number of rotatable bonds is 10. The van der Waals surface area contributed by atoms with Gasteiger partial charge in [0.1, 0.15) is 17.8 Å². The van der Waals surface area contributed by atoms with Gasteiger partial charge in [-0.3, -0.25) is 14.4 Å². The smallest absolute Gasteiger partial charge is 0.328 e. The summed E-state index contributed by atoms with van der Waals surface area (Å²) in [7, 11) is 1.23. The molecule has 0 radical (unpaired) electrons. The Balaban J connectivity index is 2.47. The summed E-state index contributed by atoms with van der Waals surface area (Å²) in [6.07, 6.45) is 0.340. The van der Waals surface area contributed by atoms with Gasteiger partial charge in [0, 0.05) is 6.42 Å². The number of carbonyl (C=O) groups is 4. The Morgan fingerprint density at radius 3 is 2.17 bits per heavy atom. The quantitative estimate of drug-likeness (QED) is 0.287. The van der Waals surface area contributed by atoms with Crippen LogP contribution in [-0.4, -0.2) is 60.6 Å². The third-order valence-electron chi connectivity index (χ3n) is 4.40. The van der Waals surface area contributed by atoms with E-state index in [-0.39, 0.29) is 18.2 Å². The van der Waals surface area contributed by atoms with E-state index in [9.17, 15) is 24.3 Å². The van der Waals surface area contributed by atoms with Crippen molar-refractivity contribution < 1.29 is 34.8 Å². The Bertz CT molecular complexity index is 750. The Morgan fingerprint density at radius 2 is 1.63 bits per heavy atom. The Kier molecular flexibility index (Phi) is 9.76. The molecule has 1 aromatic carbocycles. The van der Waals surface area contributed by atoms with Crippen LogP contribution in [0.3, 0.4) is 0 Å². The second kappa shape index (κ2) is 11.8. The minimum absolute atomic E-state index is 0.129. The highest BCUT2D eigenvalue weighted by atomic mass is 16.5. The van der Waals surface area contributed by atoms with Gasteiger partial charge in [0.05, 0.1) is 13.7 Å². The predicted molar refractivity (Wildman–Crippen MR) is 108 cm³/mol. The SMILES string of the molecule is COC(=O)[C@H](NC(=O)CNC(=O)[C@@H](C)NC(=O)[C@H]([NH3+])Cc1ccc(O)cc1)C(C)C. The Morgan fingerprint density at radius 1 is 1.03 bits per heavy atom. The molecule has 3 amide bonds. The summed E-state index contributed by atoms with van der Waals surface area (Å²) >= 11 is 0. The van der Waals surface area contributed by atoms with Crippen LogP contribution in [0, 0.1) is 5.92 Å². The molecule has 0 fully saturated rings. The van der Waals surface area contributed by atoms with Crippen LogP contribution in [0.1, 0.15) is 26.3 Å². The molecule has 0 spiro atoms. The van der Waals surface area contributed by atoms with Crippen LogP contribution in [0.15, 0.2) is 24.3 Å². The lowest BCUT2D eigenvalue weighted by atomic mass is 10.0. The highest BCUT2D eigenvalue weighted by Crippen LogP contribution is 2.10. The lowest BCUT2D eigenvalue weighted by Crippen LogP contribution is -2.69. The van der Waals surface area contributed by atoms with E-state index >= 15 is 0 Å². The fourth-order valence-electron chi connectivity index (χ4n) is 2.58. The first-order chi connectivity index (χ1) is 14.0. The minimum Gasteiger partial charge on any atom is -0.508 e. The molecule has 1 aromatic rings. The van der Waals surface area contributed by atoms with Crippen molar-refractivity contribution in [3.8, 4) is 5.75 Å². The minimum atomic E-state index is -0.879. The number of aromatic hydroxyl groups is 1. The lowest BCUT2D eigenvalue weighted by molar-refractivity contribution is -0.403. The van der Waals surface area contributed by atoms with Gasteiger partial charge < -0.3 is 31.5 Å². The molecule has 0 aliphatic rings. The summed E-state index contributed by atoms with van der Waals surface area (Å²) in [6.45, 7) is 4.65. The van der Waals surface area contributed by atoms with Crippen molar-refractivity contribution in [1.82, 2.24) is 16.0 Å². The normalized spacial score (nSPS) is 13.7. The maximum absolute atomic E-state index is 12.3. The van der Waals surface area contributed by atoms with Crippen LogP contribution in [0.4, 0.5) is 0 Å². The molecular weight excluding hydrogens is 392 g/mol. The van der Waals surface area contributed by atoms with Crippen molar-refractivity contribution in [2.45, 2.75) is 45.3 Å². The molecule has 10 heteroatoms. The molecular formula is C20H31N4O6+. The Labute approximate surface area is 175 Å². The van der Waals surface area contributed by atoms with Gasteiger partial charge in [-0.25, -0.2) is 4.79 Å². The highest BCUT2D eigenvalue weighted by molar-refractivity contribution is 5.92. The second-order valence-corrected chi connectivity index (χ2v) is 7.33. The number of quaternary nitrogens is 1. The van der Waals surface area contributed by atoms with Crippen molar-refractivity contribution in [2.75, 3.05) is 13.7 Å². The van der Waals surface area contributed by atoms with Crippen LogP contribution in [0.25, 0.3) is 0 Å². The highest BCUT2D eigenvalue weighted by Gasteiger charge is 2.26. The van der Waals surface area contributed by atoms with Crippen LogP contribution in [-0.2, 0) is 30.3 Å². The van der Waals surface area contributed by atoms with Gasteiger partial charge in [0.2, 0.25) is 11.8 Å². The van der Waals surface area contributed by atoms with Gasteiger partial charge in [0.15, 0.2) is 6.04 Å². The van der Waals surface area contributed by atoms with Crippen molar-refractivity contribution in [3.05, 3.63) is 29.8 Å². The molecule has 0 aliphatic carbocycles. The summed E-state index contributed by atoms with van der Waals surface area (Å²) in [4.78, 5) is 48.1. The first-order valence-corrected chi connectivity index (χ1v) is 9.61. The van der Waals surface area contributed by atoms with Crippen molar-refractivity contribution >= 4 is 23.7 Å². The number of phenolic OH excluding ortho intramolecular Hbond substituents is 1. The summed E-state index contributed by atoms with van der Waals surface area (Å²) in [6, 6.07) is 4.08. The summed E-state index contributed by atoms with van der Waals surface area (Å²) in [5, 5.41) is 16.8. The zero-order valence-corrected chi connectivity index (χ0v) is 17.7. The molecule has 3 atom stereocenters. The summed E-state index contributed by atoms with van der Waals surface area (Å²) < 4.78 is 4.65. The fourth-order valence-corrected chi connectivity index (χ4v) is 2.58. The van der Waals surface area contributed by atoms with E-state index < -0.39 is 41.8 Å². The molecule has 0 aliphatic heterocycles. The number of carbonyl (C=O) groups excluding carboxylic acids is 4.